The van der Waals surface area contributed by atoms with Crippen LogP contribution in [-0.4, -0.2) is 42.9 Å². The first kappa shape index (κ1) is 20.1. The monoisotopic (exact) mass is 362 g/mol. The molecule has 2 amide bonds. The number of carbonyl (C=O) groups is 2. The summed E-state index contributed by atoms with van der Waals surface area (Å²) in [6.45, 7) is 12.8. The average Bonchev–Trinajstić information content (AvgIpc) is 2.51. The summed E-state index contributed by atoms with van der Waals surface area (Å²) in [7, 11) is 1.69. The Morgan fingerprint density at radius 2 is 1.92 bits per heavy atom. The van der Waals surface area contributed by atoms with Crippen molar-refractivity contribution < 1.29 is 19.1 Å². The van der Waals surface area contributed by atoms with Crippen LogP contribution >= 0.6 is 0 Å². The Bertz CT molecular complexity index is 692. The number of rotatable bonds is 2. The number of anilines is 1. The van der Waals surface area contributed by atoms with Gasteiger partial charge in [-0.3, -0.25) is 4.90 Å². The smallest absolute Gasteiger partial charge is 0.414 e. The van der Waals surface area contributed by atoms with Gasteiger partial charge < -0.3 is 14.4 Å². The van der Waals surface area contributed by atoms with E-state index in [4.69, 9.17) is 9.47 Å². The van der Waals surface area contributed by atoms with Crippen molar-refractivity contribution in [3.05, 3.63) is 29.3 Å². The van der Waals surface area contributed by atoms with Crippen LogP contribution < -0.4 is 4.90 Å². The summed E-state index contributed by atoms with van der Waals surface area (Å²) in [4.78, 5) is 28.0. The predicted octanol–water partition coefficient (Wildman–Crippen LogP) is 4.31. The molecule has 1 aromatic carbocycles. The van der Waals surface area contributed by atoms with E-state index >= 15 is 0 Å². The summed E-state index contributed by atoms with van der Waals surface area (Å²) in [5.74, 6) is 0. The number of hydrogen-bond donors (Lipinski definition) is 0. The zero-order valence-electron chi connectivity index (χ0n) is 16.9. The highest BCUT2D eigenvalue weighted by molar-refractivity contribution is 5.88. The maximum Gasteiger partial charge on any atom is 0.414 e. The maximum atomic E-state index is 12.6. The van der Waals surface area contributed by atoms with Crippen molar-refractivity contribution in [3.63, 3.8) is 0 Å². The first-order chi connectivity index (χ1) is 12.0. The van der Waals surface area contributed by atoms with Crippen molar-refractivity contribution in [2.45, 2.75) is 59.1 Å². The number of hydrogen-bond acceptors (Lipinski definition) is 4. The molecule has 0 atom stereocenters. The van der Waals surface area contributed by atoms with E-state index in [1.54, 1.807) is 18.9 Å². The van der Waals surface area contributed by atoms with Gasteiger partial charge in [-0.2, -0.15) is 0 Å². The van der Waals surface area contributed by atoms with Crippen LogP contribution in [-0.2, 0) is 21.4 Å². The molecular weight excluding hydrogens is 332 g/mol. The van der Waals surface area contributed by atoms with E-state index in [9.17, 15) is 9.59 Å². The minimum absolute atomic E-state index is 0.254. The van der Waals surface area contributed by atoms with Gasteiger partial charge in [0.15, 0.2) is 0 Å². The molecule has 0 bridgehead atoms. The van der Waals surface area contributed by atoms with E-state index < -0.39 is 11.7 Å². The van der Waals surface area contributed by atoms with Gasteiger partial charge in [-0.15, -0.1) is 0 Å². The predicted molar refractivity (Wildman–Crippen MR) is 102 cm³/mol. The zero-order valence-corrected chi connectivity index (χ0v) is 16.9. The Balaban J connectivity index is 2.40. The Kier molecular flexibility index (Phi) is 5.54. The van der Waals surface area contributed by atoms with Crippen LogP contribution in [0, 0.1) is 0 Å². The van der Waals surface area contributed by atoms with Gasteiger partial charge in [0.25, 0.3) is 0 Å². The lowest BCUT2D eigenvalue weighted by molar-refractivity contribution is 0.0174. The van der Waals surface area contributed by atoms with Gasteiger partial charge in [-0.25, -0.2) is 9.59 Å². The number of carbonyl (C=O) groups excluding carboxylic acids is 2. The summed E-state index contributed by atoms with van der Waals surface area (Å²) in [5, 5.41) is 0. The highest BCUT2D eigenvalue weighted by atomic mass is 16.6. The third kappa shape index (κ3) is 4.29. The maximum absolute atomic E-state index is 12.6. The molecule has 1 heterocycles. The molecule has 144 valence electrons. The molecule has 1 aromatic rings. The summed E-state index contributed by atoms with van der Waals surface area (Å²) >= 11 is 0. The Hall–Kier alpha value is -2.24. The van der Waals surface area contributed by atoms with Crippen molar-refractivity contribution >= 4 is 17.9 Å². The van der Waals surface area contributed by atoms with Crippen LogP contribution in [0.5, 0.6) is 0 Å². The van der Waals surface area contributed by atoms with Gasteiger partial charge in [0.1, 0.15) is 5.60 Å². The minimum atomic E-state index is -0.553. The van der Waals surface area contributed by atoms with Crippen LogP contribution in [0.25, 0.3) is 0 Å². The molecule has 6 nitrogen and oxygen atoms in total. The molecule has 0 aromatic heterocycles. The molecule has 0 N–H and O–H groups in total. The molecule has 0 radical (unpaired) electrons. The quantitative estimate of drug-likeness (QED) is 0.787. The highest BCUT2D eigenvalue weighted by Gasteiger charge is 2.37. The van der Waals surface area contributed by atoms with Gasteiger partial charge in [0.2, 0.25) is 0 Å². The van der Waals surface area contributed by atoms with E-state index in [2.05, 4.69) is 19.9 Å². The fourth-order valence-corrected chi connectivity index (χ4v) is 3.27. The topological polar surface area (TPSA) is 59.1 Å². The molecule has 0 saturated carbocycles. The largest absolute Gasteiger partial charge is 0.449 e. The molecule has 0 fully saturated rings. The van der Waals surface area contributed by atoms with E-state index in [0.717, 1.165) is 16.8 Å². The molecule has 0 saturated heterocycles. The summed E-state index contributed by atoms with van der Waals surface area (Å²) in [5.41, 5.74) is 2.03. The second-order valence-electron chi connectivity index (χ2n) is 8.28. The molecule has 0 aliphatic carbocycles. The Labute approximate surface area is 156 Å². The number of benzene rings is 1. The van der Waals surface area contributed by atoms with E-state index in [-0.39, 0.29) is 11.5 Å². The second kappa shape index (κ2) is 7.17. The van der Waals surface area contributed by atoms with Crippen molar-refractivity contribution in [2.75, 3.05) is 25.1 Å². The van der Waals surface area contributed by atoms with Gasteiger partial charge in [-0.1, -0.05) is 26.0 Å². The normalized spacial score (nSPS) is 15.9. The summed E-state index contributed by atoms with van der Waals surface area (Å²) in [6, 6.07) is 5.88. The molecule has 1 aliphatic rings. The number of amides is 2. The van der Waals surface area contributed by atoms with Crippen molar-refractivity contribution in [1.82, 2.24) is 4.90 Å². The first-order valence-corrected chi connectivity index (χ1v) is 8.97. The van der Waals surface area contributed by atoms with Crippen LogP contribution in [0.1, 0.15) is 52.7 Å². The first-order valence-electron chi connectivity index (χ1n) is 8.97. The van der Waals surface area contributed by atoms with Crippen molar-refractivity contribution in [2.24, 2.45) is 0 Å². The number of ether oxygens (including phenoxy) is 2. The van der Waals surface area contributed by atoms with Gasteiger partial charge in [-0.05, 0) is 44.9 Å². The van der Waals surface area contributed by atoms with Gasteiger partial charge >= 0.3 is 12.2 Å². The minimum Gasteiger partial charge on any atom is -0.449 e. The zero-order chi connectivity index (χ0) is 19.7. The van der Waals surface area contributed by atoms with Gasteiger partial charge in [0, 0.05) is 19.0 Å². The third-order valence-electron chi connectivity index (χ3n) is 4.37. The van der Waals surface area contributed by atoms with Crippen molar-refractivity contribution in [3.8, 4) is 0 Å². The second-order valence-corrected chi connectivity index (χ2v) is 8.28. The van der Waals surface area contributed by atoms with Crippen LogP contribution in [0.3, 0.4) is 0 Å². The summed E-state index contributed by atoms with van der Waals surface area (Å²) < 4.78 is 10.7. The average molecular weight is 362 g/mol. The lowest BCUT2D eigenvalue weighted by Gasteiger charge is -2.41. The van der Waals surface area contributed by atoms with Crippen LogP contribution in [0.4, 0.5) is 15.3 Å². The van der Waals surface area contributed by atoms with Crippen molar-refractivity contribution in [1.29, 1.82) is 0 Å². The lowest BCUT2D eigenvalue weighted by atomic mass is 9.78. The lowest BCUT2D eigenvalue weighted by Crippen LogP contribution is -2.47. The Morgan fingerprint density at radius 3 is 2.50 bits per heavy atom. The van der Waals surface area contributed by atoms with Crippen LogP contribution in [0.2, 0.25) is 0 Å². The number of nitrogens with zero attached hydrogens (tertiary/aromatic N) is 2. The standard InChI is InChI=1S/C20H30N2O4/c1-8-25-17(23)21(7)16-11-9-10-15-14(16)12-22(13-20(15,5)6)18(24)26-19(2,3)4/h9-11H,8,12-13H2,1-7H3. The molecular formula is C20H30N2O4. The molecule has 26 heavy (non-hydrogen) atoms. The summed E-state index contributed by atoms with van der Waals surface area (Å²) in [6.07, 6.45) is -0.752. The number of fused-ring (bicyclic) bond motifs is 1. The molecule has 1 aliphatic heterocycles. The SMILES string of the molecule is CCOC(=O)N(C)c1cccc2c1CN(C(=O)OC(C)(C)C)CC2(C)C. The molecule has 2 rings (SSSR count). The van der Waals surface area contributed by atoms with E-state index in [1.807, 2.05) is 32.9 Å². The Morgan fingerprint density at radius 1 is 1.27 bits per heavy atom. The van der Waals surface area contributed by atoms with E-state index in [1.165, 1.54) is 4.90 Å². The van der Waals surface area contributed by atoms with Crippen LogP contribution in [0.15, 0.2) is 18.2 Å². The van der Waals surface area contributed by atoms with E-state index in [0.29, 0.717) is 19.7 Å². The molecule has 6 heteroatoms. The molecule has 0 unspecified atom stereocenters. The highest BCUT2D eigenvalue weighted by Crippen LogP contribution is 2.38. The van der Waals surface area contributed by atoms with Gasteiger partial charge in [0.05, 0.1) is 18.8 Å². The molecule has 0 spiro atoms. The fourth-order valence-electron chi connectivity index (χ4n) is 3.27. The third-order valence-corrected chi connectivity index (χ3v) is 4.37. The fraction of sp³-hybridized carbons (Fsp3) is 0.600.